The van der Waals surface area contributed by atoms with E-state index in [1.165, 1.54) is 0 Å². The van der Waals surface area contributed by atoms with E-state index in [2.05, 4.69) is 20.8 Å². The van der Waals surface area contributed by atoms with Gasteiger partial charge >= 0.3 is 0 Å². The summed E-state index contributed by atoms with van der Waals surface area (Å²) in [5, 5.41) is 0. The topological polar surface area (TPSA) is 29.6 Å². The summed E-state index contributed by atoms with van der Waals surface area (Å²) in [7, 11) is 0. The molecule has 1 spiro atoms. The molecule has 0 unspecified atom stereocenters. The molecule has 0 saturated carbocycles. The Morgan fingerprint density at radius 2 is 1.93 bits per heavy atom. The van der Waals surface area contributed by atoms with Crippen LogP contribution >= 0.6 is 0 Å². The molecule has 0 N–H and O–H groups in total. The zero-order valence-corrected chi connectivity index (χ0v) is 9.18. The number of Topliss-reactive ketones (excluding diaryl/α,β-unsaturated/α-hetero) is 1. The van der Waals surface area contributed by atoms with Gasteiger partial charge in [0.15, 0.2) is 11.4 Å². The Bertz CT molecular complexity index is 349. The molecule has 0 amide bonds. The van der Waals surface area contributed by atoms with Gasteiger partial charge < -0.3 is 4.74 Å². The molecule has 1 heterocycles. The summed E-state index contributed by atoms with van der Waals surface area (Å²) in [5.74, 6) is 0.157. The van der Waals surface area contributed by atoms with Gasteiger partial charge in [-0.2, -0.15) is 0 Å². The van der Waals surface area contributed by atoms with Crippen molar-refractivity contribution in [3.63, 3.8) is 0 Å². The third-order valence-corrected chi connectivity index (χ3v) is 2.99. The van der Waals surface area contributed by atoms with Gasteiger partial charge in [0.2, 0.25) is 0 Å². The van der Waals surface area contributed by atoms with E-state index in [1.807, 2.05) is 19.1 Å². The lowest BCUT2D eigenvalue weighted by Crippen LogP contribution is -2.34. The highest BCUT2D eigenvalue weighted by molar-refractivity contribution is 6.08. The van der Waals surface area contributed by atoms with E-state index >= 15 is 0 Å². The highest BCUT2D eigenvalue weighted by atomic mass is 16.6. The van der Waals surface area contributed by atoms with Crippen molar-refractivity contribution in [3.8, 4) is 0 Å². The van der Waals surface area contributed by atoms with Crippen molar-refractivity contribution >= 4 is 5.78 Å². The number of hydrogen-bond donors (Lipinski definition) is 0. The second kappa shape index (κ2) is 2.57. The molecule has 2 nitrogen and oxygen atoms in total. The van der Waals surface area contributed by atoms with Crippen molar-refractivity contribution in [1.29, 1.82) is 0 Å². The number of epoxide rings is 1. The van der Waals surface area contributed by atoms with Crippen LogP contribution in [0.25, 0.3) is 0 Å². The zero-order chi connectivity index (χ0) is 10.6. The second-order valence-electron chi connectivity index (χ2n) is 5.12. The summed E-state index contributed by atoms with van der Waals surface area (Å²) in [5.41, 5.74) is 1.25. The van der Waals surface area contributed by atoms with Gasteiger partial charge in [-0.3, -0.25) is 4.79 Å². The van der Waals surface area contributed by atoms with Gasteiger partial charge in [-0.15, -0.1) is 0 Å². The number of ether oxygens (including phenoxy) is 1. The smallest absolute Gasteiger partial charge is 0.197 e. The highest BCUT2D eigenvalue weighted by Gasteiger charge is 2.56. The van der Waals surface area contributed by atoms with Crippen molar-refractivity contribution in [2.24, 2.45) is 5.41 Å². The third-order valence-electron chi connectivity index (χ3n) is 2.99. The molecule has 0 aromatic rings. The minimum Gasteiger partial charge on any atom is -0.356 e. The molecule has 1 atom stereocenters. The maximum Gasteiger partial charge on any atom is 0.197 e. The van der Waals surface area contributed by atoms with Crippen molar-refractivity contribution in [1.82, 2.24) is 0 Å². The monoisotopic (exact) mass is 192 g/mol. The molecule has 1 saturated heterocycles. The zero-order valence-electron chi connectivity index (χ0n) is 9.18. The van der Waals surface area contributed by atoms with Crippen LogP contribution in [0, 0.1) is 5.41 Å². The molecule has 0 radical (unpaired) electrons. The highest BCUT2D eigenvalue weighted by Crippen LogP contribution is 2.44. The fourth-order valence-corrected chi connectivity index (χ4v) is 1.84. The first kappa shape index (κ1) is 9.66. The van der Waals surface area contributed by atoms with Crippen molar-refractivity contribution in [3.05, 3.63) is 23.3 Å². The molecule has 0 bridgehead atoms. The Hall–Kier alpha value is -0.890. The normalized spacial score (nSPS) is 31.6. The molecule has 0 aromatic heterocycles. The lowest BCUT2D eigenvalue weighted by molar-refractivity contribution is -0.120. The number of carbonyl (C=O) groups excluding carboxylic acids is 1. The van der Waals surface area contributed by atoms with Gasteiger partial charge in [0.1, 0.15) is 0 Å². The Morgan fingerprint density at radius 1 is 1.36 bits per heavy atom. The molecule has 14 heavy (non-hydrogen) atoms. The van der Waals surface area contributed by atoms with E-state index in [-0.39, 0.29) is 11.2 Å². The van der Waals surface area contributed by atoms with E-state index in [0.717, 1.165) is 11.1 Å². The molecule has 1 aliphatic carbocycles. The molecule has 2 heteroatoms. The Labute approximate surface area is 84.6 Å². The van der Waals surface area contributed by atoms with Crippen molar-refractivity contribution < 1.29 is 9.53 Å². The van der Waals surface area contributed by atoms with Crippen molar-refractivity contribution in [2.75, 3.05) is 6.61 Å². The Balaban J connectivity index is 2.43. The largest absolute Gasteiger partial charge is 0.356 e. The number of rotatable bonds is 0. The fourth-order valence-electron chi connectivity index (χ4n) is 1.84. The van der Waals surface area contributed by atoms with Crippen LogP contribution in [0.1, 0.15) is 27.7 Å². The number of hydrogen-bond acceptors (Lipinski definition) is 2. The predicted molar refractivity (Wildman–Crippen MR) is 55.0 cm³/mol. The number of carbonyl (C=O) groups is 1. The molecule has 0 aromatic carbocycles. The van der Waals surface area contributed by atoms with Crippen LogP contribution < -0.4 is 0 Å². The van der Waals surface area contributed by atoms with Gasteiger partial charge in [0.05, 0.1) is 6.61 Å². The standard InChI is InChI=1S/C12H16O2/c1-8-5-6-9(11(2,3)4)10(13)12(8)7-14-12/h5-6H,7H2,1-4H3/t12-/m0/s1. The maximum atomic E-state index is 12.1. The van der Waals surface area contributed by atoms with Gasteiger partial charge in [-0.25, -0.2) is 0 Å². The van der Waals surface area contributed by atoms with Gasteiger partial charge in [-0.1, -0.05) is 32.9 Å². The number of allylic oxidation sites excluding steroid dienone is 2. The van der Waals surface area contributed by atoms with Gasteiger partial charge in [0, 0.05) is 5.57 Å². The quantitative estimate of drug-likeness (QED) is 0.551. The van der Waals surface area contributed by atoms with E-state index < -0.39 is 5.60 Å². The first-order chi connectivity index (χ1) is 6.38. The van der Waals surface area contributed by atoms with Crippen LogP contribution in [0.4, 0.5) is 0 Å². The SMILES string of the molecule is CC1=CC=C(C(C)(C)C)C(=O)[C@]12CO2. The van der Waals surface area contributed by atoms with E-state index in [1.54, 1.807) is 0 Å². The van der Waals surface area contributed by atoms with Crippen LogP contribution in [-0.2, 0) is 9.53 Å². The Kier molecular flexibility index (Phi) is 1.77. The summed E-state index contributed by atoms with van der Waals surface area (Å²) in [4.78, 5) is 12.1. The van der Waals surface area contributed by atoms with E-state index in [4.69, 9.17) is 4.74 Å². The fraction of sp³-hybridized carbons (Fsp3) is 0.583. The minimum atomic E-state index is -0.572. The summed E-state index contributed by atoms with van der Waals surface area (Å²) in [6, 6.07) is 0. The van der Waals surface area contributed by atoms with E-state index in [0.29, 0.717) is 6.61 Å². The van der Waals surface area contributed by atoms with Gasteiger partial charge in [0.25, 0.3) is 0 Å². The van der Waals surface area contributed by atoms with Gasteiger partial charge in [-0.05, 0) is 17.9 Å². The first-order valence-electron chi connectivity index (χ1n) is 4.96. The summed E-state index contributed by atoms with van der Waals surface area (Å²) < 4.78 is 5.33. The summed E-state index contributed by atoms with van der Waals surface area (Å²) in [6.07, 6.45) is 3.94. The molecule has 1 aliphatic heterocycles. The van der Waals surface area contributed by atoms with E-state index in [9.17, 15) is 4.79 Å². The number of ketones is 1. The molecule has 76 valence electrons. The van der Waals surface area contributed by atoms with Crippen LogP contribution in [0.15, 0.2) is 23.3 Å². The predicted octanol–water partition coefficient (Wildman–Crippen LogP) is 2.26. The molecule has 2 aliphatic rings. The van der Waals surface area contributed by atoms with Crippen LogP contribution in [0.5, 0.6) is 0 Å². The first-order valence-corrected chi connectivity index (χ1v) is 4.96. The lowest BCUT2D eigenvalue weighted by atomic mass is 9.75. The minimum absolute atomic E-state index is 0.0900. The summed E-state index contributed by atoms with van der Waals surface area (Å²) in [6.45, 7) is 8.69. The molecule has 2 rings (SSSR count). The van der Waals surface area contributed by atoms with Crippen LogP contribution in [-0.4, -0.2) is 18.0 Å². The lowest BCUT2D eigenvalue weighted by Gasteiger charge is -2.27. The average Bonchev–Trinajstić information content (AvgIpc) is 2.79. The van der Waals surface area contributed by atoms with Crippen LogP contribution in [0.2, 0.25) is 0 Å². The van der Waals surface area contributed by atoms with Crippen LogP contribution in [0.3, 0.4) is 0 Å². The average molecular weight is 192 g/mol. The summed E-state index contributed by atoms with van der Waals surface area (Å²) >= 11 is 0. The van der Waals surface area contributed by atoms with Crippen molar-refractivity contribution in [2.45, 2.75) is 33.3 Å². The Morgan fingerprint density at radius 3 is 2.36 bits per heavy atom. The molecular formula is C12H16O2. The molecular weight excluding hydrogens is 176 g/mol. The maximum absolute atomic E-state index is 12.1. The third kappa shape index (κ3) is 1.17. The molecule has 1 fully saturated rings. The second-order valence-corrected chi connectivity index (χ2v) is 5.12.